The van der Waals surface area contributed by atoms with Gasteiger partial charge in [-0.3, -0.25) is 4.79 Å². The van der Waals surface area contributed by atoms with Crippen molar-refractivity contribution in [3.63, 3.8) is 0 Å². The molecule has 17 heavy (non-hydrogen) atoms. The van der Waals surface area contributed by atoms with Crippen molar-refractivity contribution < 1.29 is 9.90 Å². The van der Waals surface area contributed by atoms with Crippen LogP contribution in [0.1, 0.15) is 24.8 Å². The van der Waals surface area contributed by atoms with Crippen molar-refractivity contribution in [3.8, 4) is 0 Å². The second-order valence-corrected chi connectivity index (χ2v) is 5.18. The molecule has 1 heterocycles. The zero-order chi connectivity index (χ0) is 11.8. The van der Waals surface area contributed by atoms with Crippen molar-refractivity contribution >= 4 is 11.7 Å². The Morgan fingerprint density at radius 3 is 2.82 bits per heavy atom. The van der Waals surface area contributed by atoms with Crippen LogP contribution in [0.25, 0.3) is 0 Å². The lowest BCUT2D eigenvalue weighted by atomic mass is 10.1. The van der Waals surface area contributed by atoms with E-state index in [1.165, 1.54) is 19.3 Å². The van der Waals surface area contributed by atoms with E-state index in [9.17, 15) is 4.79 Å². The van der Waals surface area contributed by atoms with E-state index >= 15 is 0 Å². The fourth-order valence-electron chi connectivity index (χ4n) is 3.32. The van der Waals surface area contributed by atoms with Crippen molar-refractivity contribution in [1.29, 1.82) is 0 Å². The topological polar surface area (TPSA) is 40.5 Å². The minimum atomic E-state index is -0.748. The predicted molar refractivity (Wildman–Crippen MR) is 66.3 cm³/mol. The largest absolute Gasteiger partial charge is 0.481 e. The third-order valence-electron chi connectivity index (χ3n) is 4.05. The standard InChI is InChI=1S/C14H17NO2/c16-14(17)8-11-3-1-2-4-13(11)15-9-10-5-6-12(15)7-10/h1-4,10,12H,5-9H2,(H,16,17). The average Bonchev–Trinajstić information content (AvgIpc) is 2.90. The summed E-state index contributed by atoms with van der Waals surface area (Å²) in [5, 5.41) is 8.95. The number of fused-ring (bicyclic) bond motifs is 2. The number of carbonyl (C=O) groups is 1. The molecule has 0 amide bonds. The van der Waals surface area contributed by atoms with Crippen LogP contribution in [0.15, 0.2) is 24.3 Å². The minimum absolute atomic E-state index is 0.129. The van der Waals surface area contributed by atoms with Crippen LogP contribution in [0.4, 0.5) is 5.69 Å². The van der Waals surface area contributed by atoms with Crippen molar-refractivity contribution in [1.82, 2.24) is 0 Å². The van der Waals surface area contributed by atoms with Gasteiger partial charge in [0.2, 0.25) is 0 Å². The van der Waals surface area contributed by atoms with Gasteiger partial charge in [-0.1, -0.05) is 18.2 Å². The van der Waals surface area contributed by atoms with Gasteiger partial charge in [-0.15, -0.1) is 0 Å². The van der Waals surface area contributed by atoms with E-state index in [1.54, 1.807) is 0 Å². The maximum atomic E-state index is 10.9. The van der Waals surface area contributed by atoms with E-state index < -0.39 is 5.97 Å². The van der Waals surface area contributed by atoms with E-state index in [4.69, 9.17) is 5.11 Å². The van der Waals surface area contributed by atoms with Gasteiger partial charge in [0.1, 0.15) is 0 Å². The summed E-state index contributed by atoms with van der Waals surface area (Å²) in [5.74, 6) is 0.0830. The molecule has 1 N–H and O–H groups in total. The number of para-hydroxylation sites is 1. The van der Waals surface area contributed by atoms with Gasteiger partial charge in [0.15, 0.2) is 0 Å². The Morgan fingerprint density at radius 1 is 1.35 bits per heavy atom. The fourth-order valence-corrected chi connectivity index (χ4v) is 3.32. The smallest absolute Gasteiger partial charge is 0.307 e. The zero-order valence-electron chi connectivity index (χ0n) is 9.80. The number of anilines is 1. The summed E-state index contributed by atoms with van der Waals surface area (Å²) in [6.07, 6.45) is 4.04. The SMILES string of the molecule is O=C(O)Cc1ccccc1N1CC2CCC1C2. The molecule has 2 aliphatic rings. The Kier molecular flexibility index (Phi) is 2.54. The number of aliphatic carboxylic acids is 1. The van der Waals surface area contributed by atoms with E-state index in [1.807, 2.05) is 18.2 Å². The minimum Gasteiger partial charge on any atom is -0.481 e. The molecule has 3 nitrogen and oxygen atoms in total. The van der Waals surface area contributed by atoms with Crippen molar-refractivity contribution in [3.05, 3.63) is 29.8 Å². The first-order chi connectivity index (χ1) is 8.24. The highest BCUT2D eigenvalue weighted by atomic mass is 16.4. The summed E-state index contributed by atoms with van der Waals surface area (Å²) < 4.78 is 0. The first-order valence-corrected chi connectivity index (χ1v) is 6.30. The molecule has 1 aromatic carbocycles. The summed E-state index contributed by atoms with van der Waals surface area (Å²) >= 11 is 0. The lowest BCUT2D eigenvalue weighted by molar-refractivity contribution is -0.136. The molecule has 2 fully saturated rings. The van der Waals surface area contributed by atoms with Crippen molar-refractivity contribution in [2.45, 2.75) is 31.7 Å². The number of hydrogen-bond acceptors (Lipinski definition) is 2. The van der Waals surface area contributed by atoms with Crippen LogP contribution in [0.3, 0.4) is 0 Å². The molecule has 0 aromatic heterocycles. The molecule has 0 spiro atoms. The number of rotatable bonds is 3. The molecule has 1 aliphatic carbocycles. The maximum absolute atomic E-state index is 10.9. The molecular formula is C14H17NO2. The normalized spacial score (nSPS) is 26.5. The van der Waals surface area contributed by atoms with Gasteiger partial charge in [-0.05, 0) is 36.8 Å². The first kappa shape index (κ1) is 10.6. The number of piperidine rings is 1. The molecule has 2 atom stereocenters. The number of hydrogen-bond donors (Lipinski definition) is 1. The number of carboxylic acid groups (broad SMARTS) is 1. The Bertz CT molecular complexity index is 444. The van der Waals surface area contributed by atoms with Gasteiger partial charge in [-0.2, -0.15) is 0 Å². The molecule has 3 rings (SSSR count). The highest BCUT2D eigenvalue weighted by Gasteiger charge is 2.38. The third-order valence-corrected chi connectivity index (χ3v) is 4.05. The molecule has 2 unspecified atom stereocenters. The monoisotopic (exact) mass is 231 g/mol. The van der Waals surface area contributed by atoms with Crippen LogP contribution in [-0.4, -0.2) is 23.7 Å². The van der Waals surface area contributed by atoms with Crippen LogP contribution >= 0.6 is 0 Å². The second kappa shape index (κ2) is 4.06. The molecular weight excluding hydrogens is 214 g/mol. The molecule has 1 saturated carbocycles. The van der Waals surface area contributed by atoms with E-state index in [0.29, 0.717) is 6.04 Å². The van der Waals surface area contributed by atoms with Crippen LogP contribution < -0.4 is 4.90 Å². The summed E-state index contributed by atoms with van der Waals surface area (Å²) in [4.78, 5) is 13.3. The van der Waals surface area contributed by atoms with Gasteiger partial charge in [0.05, 0.1) is 6.42 Å². The fraction of sp³-hybridized carbons (Fsp3) is 0.500. The maximum Gasteiger partial charge on any atom is 0.307 e. The lowest BCUT2D eigenvalue weighted by Gasteiger charge is -2.30. The Morgan fingerprint density at radius 2 is 2.18 bits per heavy atom. The summed E-state index contributed by atoms with van der Waals surface area (Å²) in [6, 6.07) is 8.59. The van der Waals surface area contributed by atoms with Crippen LogP contribution in [0, 0.1) is 5.92 Å². The van der Waals surface area contributed by atoms with Crippen molar-refractivity contribution in [2.24, 2.45) is 5.92 Å². The molecule has 1 aromatic rings. The number of carboxylic acids is 1. The number of nitrogens with zero attached hydrogens (tertiary/aromatic N) is 1. The Balaban J connectivity index is 1.89. The molecule has 1 saturated heterocycles. The van der Waals surface area contributed by atoms with Gasteiger partial charge in [-0.25, -0.2) is 0 Å². The average molecular weight is 231 g/mol. The van der Waals surface area contributed by atoms with Gasteiger partial charge in [0.25, 0.3) is 0 Å². The highest BCUT2D eigenvalue weighted by Crippen LogP contribution is 2.41. The van der Waals surface area contributed by atoms with E-state index in [-0.39, 0.29) is 6.42 Å². The van der Waals surface area contributed by atoms with Gasteiger partial charge < -0.3 is 10.0 Å². The van der Waals surface area contributed by atoms with Gasteiger partial charge in [0, 0.05) is 18.3 Å². The van der Waals surface area contributed by atoms with Crippen molar-refractivity contribution in [2.75, 3.05) is 11.4 Å². The Labute approximate surface area is 101 Å². The number of benzene rings is 1. The molecule has 2 bridgehead atoms. The molecule has 90 valence electrons. The third kappa shape index (κ3) is 1.90. The predicted octanol–water partition coefficient (Wildman–Crippen LogP) is 2.30. The lowest BCUT2D eigenvalue weighted by Crippen LogP contribution is -2.32. The highest BCUT2D eigenvalue weighted by molar-refractivity contribution is 5.74. The van der Waals surface area contributed by atoms with Crippen LogP contribution in [-0.2, 0) is 11.2 Å². The second-order valence-electron chi connectivity index (χ2n) is 5.18. The quantitative estimate of drug-likeness (QED) is 0.867. The van der Waals surface area contributed by atoms with Gasteiger partial charge >= 0.3 is 5.97 Å². The summed E-state index contributed by atoms with van der Waals surface area (Å²) in [6.45, 7) is 1.11. The summed E-state index contributed by atoms with van der Waals surface area (Å²) in [5.41, 5.74) is 2.09. The summed E-state index contributed by atoms with van der Waals surface area (Å²) in [7, 11) is 0. The Hall–Kier alpha value is -1.51. The molecule has 3 heteroatoms. The first-order valence-electron chi connectivity index (χ1n) is 6.30. The zero-order valence-corrected chi connectivity index (χ0v) is 9.80. The van der Waals surface area contributed by atoms with Crippen LogP contribution in [0.5, 0.6) is 0 Å². The van der Waals surface area contributed by atoms with E-state index in [0.717, 1.165) is 23.7 Å². The molecule has 0 radical (unpaired) electrons. The van der Waals surface area contributed by atoms with Crippen LogP contribution in [0.2, 0.25) is 0 Å². The van der Waals surface area contributed by atoms with E-state index in [2.05, 4.69) is 11.0 Å². The molecule has 1 aliphatic heterocycles.